The van der Waals surface area contributed by atoms with Gasteiger partial charge in [-0.25, -0.2) is 0 Å². The molecule has 0 aliphatic heterocycles. The van der Waals surface area contributed by atoms with Gasteiger partial charge in [0.2, 0.25) is 11.8 Å². The highest BCUT2D eigenvalue weighted by Crippen LogP contribution is 1.94. The molecule has 0 aromatic carbocycles. The Balaban J connectivity index is 3.64. The molecule has 1 atom stereocenters. The fourth-order valence-corrected chi connectivity index (χ4v) is 1.26. The minimum atomic E-state index is -0.264. The maximum absolute atomic E-state index is 11.4. The van der Waals surface area contributed by atoms with Crippen LogP contribution in [0.2, 0.25) is 0 Å². The summed E-state index contributed by atoms with van der Waals surface area (Å²) in [5, 5.41) is 5.45. The van der Waals surface area contributed by atoms with Gasteiger partial charge in [0.05, 0.1) is 12.5 Å². The molecule has 0 saturated heterocycles. The van der Waals surface area contributed by atoms with Gasteiger partial charge >= 0.3 is 0 Å². The van der Waals surface area contributed by atoms with Gasteiger partial charge in [-0.3, -0.25) is 9.59 Å². The summed E-state index contributed by atoms with van der Waals surface area (Å²) in [4.78, 5) is 22.8. The zero-order chi connectivity index (χ0) is 14.0. The maximum atomic E-state index is 11.4. The number of ether oxygens (including phenoxy) is 1. The lowest BCUT2D eigenvalue weighted by Gasteiger charge is -2.12. The van der Waals surface area contributed by atoms with Gasteiger partial charge in [-0.2, -0.15) is 0 Å². The number of carbonyl (C=O) groups excluding carboxylic acids is 2. The van der Waals surface area contributed by atoms with E-state index in [1.165, 1.54) is 7.11 Å². The van der Waals surface area contributed by atoms with Crippen LogP contribution in [-0.2, 0) is 14.3 Å². The van der Waals surface area contributed by atoms with Crippen molar-refractivity contribution >= 4 is 11.8 Å². The van der Waals surface area contributed by atoms with Crippen LogP contribution < -0.4 is 16.4 Å². The van der Waals surface area contributed by atoms with E-state index in [0.717, 1.165) is 0 Å². The molecule has 18 heavy (non-hydrogen) atoms. The first-order valence-electron chi connectivity index (χ1n) is 6.25. The molecule has 0 radical (unpaired) electrons. The zero-order valence-electron chi connectivity index (χ0n) is 11.5. The Labute approximate surface area is 109 Å². The van der Waals surface area contributed by atoms with Crippen LogP contribution in [-0.4, -0.2) is 44.7 Å². The lowest BCUT2D eigenvalue weighted by Crippen LogP contribution is -2.35. The van der Waals surface area contributed by atoms with Crippen LogP contribution >= 0.6 is 0 Å². The van der Waals surface area contributed by atoms with E-state index in [1.54, 1.807) is 0 Å². The Hall–Kier alpha value is -1.14. The van der Waals surface area contributed by atoms with E-state index in [2.05, 4.69) is 10.6 Å². The quantitative estimate of drug-likeness (QED) is 0.526. The van der Waals surface area contributed by atoms with E-state index < -0.39 is 0 Å². The third-order valence-electron chi connectivity index (χ3n) is 2.39. The molecule has 0 bridgehead atoms. The molecule has 0 aromatic heterocycles. The van der Waals surface area contributed by atoms with Gasteiger partial charge in [-0.05, 0) is 5.92 Å². The van der Waals surface area contributed by atoms with E-state index in [4.69, 9.17) is 10.5 Å². The third-order valence-corrected chi connectivity index (χ3v) is 2.39. The lowest BCUT2D eigenvalue weighted by molar-refractivity contribution is -0.123. The number of rotatable bonds is 9. The highest BCUT2D eigenvalue weighted by Gasteiger charge is 2.11. The Morgan fingerprint density at radius 3 is 2.39 bits per heavy atom. The molecular weight excluding hydrogens is 234 g/mol. The summed E-state index contributed by atoms with van der Waals surface area (Å²) in [7, 11) is 1.52. The van der Waals surface area contributed by atoms with E-state index in [1.807, 2.05) is 13.8 Å². The molecule has 2 amide bonds. The Kier molecular flexibility index (Phi) is 9.22. The molecule has 0 aliphatic rings. The minimum absolute atomic E-state index is 0.0499. The second-order valence-corrected chi connectivity index (χ2v) is 4.60. The minimum Gasteiger partial charge on any atom is -0.380 e. The van der Waals surface area contributed by atoms with Crippen LogP contribution in [0, 0.1) is 5.92 Å². The number of methoxy groups -OCH3 is 1. The van der Waals surface area contributed by atoms with Crippen LogP contribution in [0.15, 0.2) is 0 Å². The fraction of sp³-hybridized carbons (Fsp3) is 0.833. The van der Waals surface area contributed by atoms with Crippen LogP contribution in [0.5, 0.6) is 0 Å². The normalized spacial score (nSPS) is 12.3. The fourth-order valence-electron chi connectivity index (χ4n) is 1.26. The van der Waals surface area contributed by atoms with Gasteiger partial charge in [0.25, 0.3) is 0 Å². The van der Waals surface area contributed by atoms with E-state index in [9.17, 15) is 9.59 Å². The second kappa shape index (κ2) is 9.85. The maximum Gasteiger partial charge on any atom is 0.222 e. The summed E-state index contributed by atoms with van der Waals surface area (Å²) in [6.45, 7) is 5.35. The van der Waals surface area contributed by atoms with Crippen LogP contribution in [0.25, 0.3) is 0 Å². The average molecular weight is 259 g/mol. The van der Waals surface area contributed by atoms with Crippen molar-refractivity contribution in [3.63, 3.8) is 0 Å². The highest BCUT2D eigenvalue weighted by molar-refractivity contribution is 5.79. The number of amides is 2. The molecular formula is C12H25N3O3. The van der Waals surface area contributed by atoms with Gasteiger partial charge in [0.1, 0.15) is 0 Å². The van der Waals surface area contributed by atoms with E-state index in [0.29, 0.717) is 32.0 Å². The Morgan fingerprint density at radius 2 is 1.89 bits per heavy atom. The van der Waals surface area contributed by atoms with Gasteiger partial charge in [0, 0.05) is 33.2 Å². The monoisotopic (exact) mass is 259 g/mol. The summed E-state index contributed by atoms with van der Waals surface area (Å²) in [6.07, 6.45) is 0.249. The average Bonchev–Trinajstić information content (AvgIpc) is 2.33. The molecule has 106 valence electrons. The smallest absolute Gasteiger partial charge is 0.222 e. The van der Waals surface area contributed by atoms with Gasteiger partial charge in [-0.15, -0.1) is 0 Å². The molecule has 0 aromatic rings. The molecule has 0 spiro atoms. The molecule has 6 nitrogen and oxygen atoms in total. The summed E-state index contributed by atoms with van der Waals surface area (Å²) >= 11 is 0. The van der Waals surface area contributed by atoms with Crippen LogP contribution in [0.1, 0.15) is 26.7 Å². The Bertz CT molecular complexity index is 253. The molecule has 4 N–H and O–H groups in total. The predicted octanol–water partition coefficient (Wildman–Crippen LogP) is -0.371. The van der Waals surface area contributed by atoms with Crippen molar-refractivity contribution in [1.82, 2.24) is 10.6 Å². The van der Waals surface area contributed by atoms with Gasteiger partial charge in [0.15, 0.2) is 0 Å². The summed E-state index contributed by atoms with van der Waals surface area (Å²) in [6, 6.07) is 0. The first-order valence-corrected chi connectivity index (χ1v) is 6.25. The number of hydrogen-bond donors (Lipinski definition) is 3. The molecule has 0 rings (SSSR count). The third kappa shape index (κ3) is 8.95. The first kappa shape index (κ1) is 16.9. The summed E-state index contributed by atoms with van der Waals surface area (Å²) in [5.41, 5.74) is 5.41. The summed E-state index contributed by atoms with van der Waals surface area (Å²) in [5.74, 6) is 0.227. The van der Waals surface area contributed by atoms with Crippen molar-refractivity contribution in [2.45, 2.75) is 32.8 Å². The highest BCUT2D eigenvalue weighted by atomic mass is 16.5. The van der Waals surface area contributed by atoms with Crippen LogP contribution in [0.4, 0.5) is 0 Å². The van der Waals surface area contributed by atoms with Gasteiger partial charge < -0.3 is 21.1 Å². The van der Waals surface area contributed by atoms with Crippen molar-refractivity contribution < 1.29 is 14.3 Å². The standard InChI is InChI=1S/C12H25N3O3/c1-9(2)8-15-11(16)4-5-14-12(17)6-10(7-13)18-3/h9-10H,4-8,13H2,1-3H3,(H,14,17)(H,15,16). The number of carbonyl (C=O) groups is 2. The SMILES string of the molecule is COC(CN)CC(=O)NCCC(=O)NCC(C)C. The topological polar surface area (TPSA) is 93.4 Å². The number of nitrogens with two attached hydrogens (primary N) is 1. The van der Waals surface area contributed by atoms with Crippen molar-refractivity contribution in [3.05, 3.63) is 0 Å². The second-order valence-electron chi connectivity index (χ2n) is 4.60. The zero-order valence-corrected chi connectivity index (χ0v) is 11.5. The Morgan fingerprint density at radius 1 is 1.22 bits per heavy atom. The molecule has 0 heterocycles. The van der Waals surface area contributed by atoms with Crippen molar-refractivity contribution in [2.75, 3.05) is 26.7 Å². The lowest BCUT2D eigenvalue weighted by atomic mass is 10.2. The van der Waals surface area contributed by atoms with Crippen molar-refractivity contribution in [2.24, 2.45) is 11.7 Å². The predicted molar refractivity (Wildman–Crippen MR) is 69.9 cm³/mol. The molecule has 0 saturated carbocycles. The van der Waals surface area contributed by atoms with Gasteiger partial charge in [-0.1, -0.05) is 13.8 Å². The number of nitrogens with one attached hydrogen (secondary N) is 2. The molecule has 6 heteroatoms. The first-order chi connectivity index (χ1) is 8.49. The van der Waals surface area contributed by atoms with Crippen LogP contribution in [0.3, 0.4) is 0 Å². The summed E-state index contributed by atoms with van der Waals surface area (Å²) < 4.78 is 5.00. The van der Waals surface area contributed by atoms with E-state index >= 15 is 0 Å². The van der Waals surface area contributed by atoms with Crippen molar-refractivity contribution in [3.8, 4) is 0 Å². The molecule has 0 aliphatic carbocycles. The molecule has 1 unspecified atom stereocenters. The molecule has 0 fully saturated rings. The van der Waals surface area contributed by atoms with Crippen molar-refractivity contribution in [1.29, 1.82) is 0 Å². The number of hydrogen-bond acceptors (Lipinski definition) is 4. The van der Waals surface area contributed by atoms with E-state index in [-0.39, 0.29) is 24.3 Å². The largest absolute Gasteiger partial charge is 0.380 e.